The monoisotopic (exact) mass is 503 g/mol. The third-order valence-electron chi connectivity index (χ3n) is 4.52. The van der Waals surface area contributed by atoms with E-state index in [1.165, 1.54) is 43.1 Å². The molecule has 0 spiro atoms. The van der Waals surface area contributed by atoms with Gasteiger partial charge in [-0.25, -0.2) is 0 Å². The van der Waals surface area contributed by atoms with Gasteiger partial charge in [0.15, 0.2) is 0 Å². The van der Waals surface area contributed by atoms with Crippen molar-refractivity contribution in [3.63, 3.8) is 0 Å². The van der Waals surface area contributed by atoms with E-state index in [1.54, 1.807) is 0 Å². The Balaban J connectivity index is -0.0000000604. The van der Waals surface area contributed by atoms with Crippen molar-refractivity contribution in [3.05, 3.63) is 84.9 Å². The van der Waals surface area contributed by atoms with Crippen molar-refractivity contribution in [2.75, 3.05) is 0 Å². The summed E-state index contributed by atoms with van der Waals surface area (Å²) in [5.41, 5.74) is 0. The average molecular weight is 503 g/mol. The lowest BCUT2D eigenvalue weighted by molar-refractivity contribution is 1.78. The number of hydrogen-bond acceptors (Lipinski definition) is 0. The van der Waals surface area contributed by atoms with Gasteiger partial charge in [-0.15, -0.1) is 0 Å². The van der Waals surface area contributed by atoms with E-state index >= 15 is 0 Å². The van der Waals surface area contributed by atoms with E-state index in [1.807, 2.05) is 0 Å². The van der Waals surface area contributed by atoms with Crippen LogP contribution < -0.4 is 0 Å². The molecule has 5 aromatic rings. The highest BCUT2D eigenvalue weighted by atomic mass is 14.1. The van der Waals surface area contributed by atoms with Crippen LogP contribution in [-0.4, -0.2) is 0 Å². The summed E-state index contributed by atoms with van der Waals surface area (Å²) in [6.07, 6.45) is 0. The van der Waals surface area contributed by atoms with Gasteiger partial charge in [-0.05, 0) is 79.5 Å². The van der Waals surface area contributed by atoms with Crippen molar-refractivity contribution < 1.29 is 0 Å². The molecule has 0 aliphatic rings. The molecule has 0 aromatic heterocycles. The first-order valence-electron chi connectivity index (χ1n) is 7.62. The quantitative estimate of drug-likeness (QED) is 0.185. The van der Waals surface area contributed by atoms with Crippen LogP contribution in [0.1, 0.15) is 104 Å². The van der Waals surface area contributed by atoms with Crippen molar-refractivity contribution in [2.45, 2.75) is 104 Å². The van der Waals surface area contributed by atoms with Crippen molar-refractivity contribution >= 4 is 43.1 Å². The Bertz CT molecular complexity index is 982. The minimum absolute atomic E-state index is 0. The Labute approximate surface area is 231 Å². The van der Waals surface area contributed by atoms with E-state index in [4.69, 9.17) is 0 Å². The van der Waals surface area contributed by atoms with Crippen LogP contribution in [0.5, 0.6) is 0 Å². The molecular weight excluding hydrogens is 432 g/mol. The van der Waals surface area contributed by atoms with E-state index in [0.29, 0.717) is 0 Å². The molecule has 0 nitrogen and oxygen atoms in total. The lowest BCUT2D eigenvalue weighted by Gasteiger charge is -2.07. The van der Waals surface area contributed by atoms with Gasteiger partial charge >= 0.3 is 0 Å². The van der Waals surface area contributed by atoms with Gasteiger partial charge in [0.1, 0.15) is 0 Å². The van der Waals surface area contributed by atoms with Gasteiger partial charge in [-0.2, -0.15) is 0 Å². The Kier molecular flexibility index (Phi) is 44.8. The van der Waals surface area contributed by atoms with Gasteiger partial charge < -0.3 is 0 Å². The first kappa shape index (κ1) is 63.9. The predicted octanol–water partition coefficient (Wildman–Crippen LogP) is 15.2. The highest BCUT2D eigenvalue weighted by Crippen LogP contribution is 2.29. The van der Waals surface area contributed by atoms with Crippen molar-refractivity contribution in [1.29, 1.82) is 0 Å². The molecule has 0 saturated heterocycles. The van der Waals surface area contributed by atoms with Gasteiger partial charge in [0.25, 0.3) is 0 Å². The number of hydrogen-bond donors (Lipinski definition) is 0. The van der Waals surface area contributed by atoms with Crippen LogP contribution in [0.3, 0.4) is 0 Å². The molecule has 5 rings (SSSR count). The number of fused-ring (bicyclic) bond motifs is 4. The highest BCUT2D eigenvalue weighted by molar-refractivity contribution is 6.08. The smallest absolute Gasteiger partial charge is 0.0171 e. The minimum atomic E-state index is 0. The van der Waals surface area contributed by atoms with Gasteiger partial charge in [0, 0.05) is 0 Å². The number of rotatable bonds is 0. The van der Waals surface area contributed by atoms with Crippen LogP contribution in [-0.2, 0) is 0 Å². The second-order valence-electron chi connectivity index (χ2n) is 5.95. The maximum Gasteiger partial charge on any atom is -0.0171 e. The Morgan fingerprint density at radius 2 is 0.333 bits per heavy atom. The lowest BCUT2D eigenvalue weighted by Crippen LogP contribution is -1.80. The van der Waals surface area contributed by atoms with E-state index in [2.05, 4.69) is 84.9 Å². The molecule has 0 N–H and O–H groups in total. The van der Waals surface area contributed by atoms with Crippen LogP contribution in [0.2, 0.25) is 0 Å². The molecule has 0 unspecified atom stereocenters. The SMILES string of the molecule is C.C.C.C.C.C.C.C.C.C.C.C.C.C.c1ccc2cc3cc4cc5ccccc5cc4cc3cc2c1. The van der Waals surface area contributed by atoms with Crippen LogP contribution in [0.4, 0.5) is 0 Å². The fourth-order valence-electron chi connectivity index (χ4n) is 3.39. The largest absolute Gasteiger partial charge is 0.0776 e. The van der Waals surface area contributed by atoms with E-state index < -0.39 is 0 Å². The molecule has 0 aliphatic heterocycles. The topological polar surface area (TPSA) is 0 Å². The second-order valence-corrected chi connectivity index (χ2v) is 5.95. The number of benzene rings is 5. The summed E-state index contributed by atoms with van der Waals surface area (Å²) in [4.78, 5) is 0. The molecule has 0 heteroatoms. The van der Waals surface area contributed by atoms with Gasteiger partial charge in [0.05, 0.1) is 0 Å². The van der Waals surface area contributed by atoms with Crippen LogP contribution in [0.25, 0.3) is 43.1 Å². The third kappa shape index (κ3) is 10.8. The first-order valence-corrected chi connectivity index (χ1v) is 7.62. The fourth-order valence-corrected chi connectivity index (χ4v) is 3.39. The summed E-state index contributed by atoms with van der Waals surface area (Å²) < 4.78 is 0. The zero-order valence-electron chi connectivity index (χ0n) is 12.1. The molecule has 0 radical (unpaired) electrons. The summed E-state index contributed by atoms with van der Waals surface area (Å²) in [6, 6.07) is 30.9. The standard InChI is InChI=1S/C22H14.14CH4/c1-2-6-16-10-20-14-22-12-18-8-4-3-7-17(18)11-21(22)13-19(20)9-15(16)5-1;;;;;;;;;;;;;;/h1-14H;14*1H4. The molecule has 0 heterocycles. The molecule has 0 saturated carbocycles. The summed E-state index contributed by atoms with van der Waals surface area (Å²) in [6.45, 7) is 0. The average Bonchev–Trinajstić information content (AvgIpc) is 2.56. The van der Waals surface area contributed by atoms with Crippen LogP contribution in [0, 0.1) is 0 Å². The third-order valence-corrected chi connectivity index (χ3v) is 4.52. The fraction of sp³-hybridized carbons (Fsp3) is 0.389. The Hall–Kier alpha value is -2.86. The van der Waals surface area contributed by atoms with Crippen LogP contribution in [0.15, 0.2) is 84.9 Å². The molecule has 0 amide bonds. The summed E-state index contributed by atoms with van der Waals surface area (Å²) in [5, 5.41) is 10.4. The summed E-state index contributed by atoms with van der Waals surface area (Å²) in [5.74, 6) is 0. The minimum Gasteiger partial charge on any atom is -0.0776 e. The normalized spacial score (nSPS) is 7.11. The second kappa shape index (κ2) is 25.2. The maximum absolute atomic E-state index is 2.31. The van der Waals surface area contributed by atoms with Crippen molar-refractivity contribution in [1.82, 2.24) is 0 Å². The van der Waals surface area contributed by atoms with E-state index in [0.717, 1.165) is 0 Å². The maximum atomic E-state index is 2.31. The van der Waals surface area contributed by atoms with Gasteiger partial charge in [0.2, 0.25) is 0 Å². The van der Waals surface area contributed by atoms with Crippen molar-refractivity contribution in [3.8, 4) is 0 Å². The Morgan fingerprint density at radius 3 is 0.500 bits per heavy atom. The molecule has 0 bridgehead atoms. The van der Waals surface area contributed by atoms with Crippen molar-refractivity contribution in [2.24, 2.45) is 0 Å². The molecule has 214 valence electrons. The molecule has 5 aromatic carbocycles. The summed E-state index contributed by atoms with van der Waals surface area (Å²) >= 11 is 0. The zero-order valence-corrected chi connectivity index (χ0v) is 12.1. The molecular formula is C36H70. The first-order chi connectivity index (χ1) is 10.9. The Morgan fingerprint density at radius 1 is 0.194 bits per heavy atom. The lowest BCUT2D eigenvalue weighted by atomic mass is 9.97. The van der Waals surface area contributed by atoms with E-state index in [9.17, 15) is 0 Å². The zero-order chi connectivity index (χ0) is 14.5. The molecule has 0 aliphatic carbocycles. The van der Waals surface area contributed by atoms with Crippen LogP contribution >= 0.6 is 0 Å². The molecule has 0 atom stereocenters. The van der Waals surface area contributed by atoms with Gasteiger partial charge in [-0.1, -0.05) is 153 Å². The molecule has 36 heavy (non-hydrogen) atoms. The molecule has 0 fully saturated rings. The summed E-state index contributed by atoms with van der Waals surface area (Å²) in [7, 11) is 0. The van der Waals surface area contributed by atoms with Gasteiger partial charge in [-0.3, -0.25) is 0 Å². The van der Waals surface area contributed by atoms with E-state index in [-0.39, 0.29) is 104 Å². The highest BCUT2D eigenvalue weighted by Gasteiger charge is 2.02. The predicted molar refractivity (Wildman–Crippen MR) is 191 cm³/mol.